The van der Waals surface area contributed by atoms with Crippen LogP contribution >= 0.6 is 0 Å². The Kier molecular flexibility index (Phi) is 2.00. The molecule has 0 radical (unpaired) electrons. The largest absolute Gasteiger partial charge is 0.497 e. The molecule has 1 aromatic carbocycles. The minimum Gasteiger partial charge on any atom is -0.497 e. The zero-order valence-corrected chi connectivity index (χ0v) is 8.11. The van der Waals surface area contributed by atoms with Gasteiger partial charge in [0.1, 0.15) is 5.75 Å². The number of methoxy groups -OCH3 is 1. The lowest BCUT2D eigenvalue weighted by Gasteiger charge is -2.30. The van der Waals surface area contributed by atoms with Gasteiger partial charge in [0, 0.05) is 13.0 Å². The fourth-order valence-electron chi connectivity index (χ4n) is 1.29. The maximum absolute atomic E-state index is 9.60. The molecule has 0 fully saturated rings. The van der Waals surface area contributed by atoms with Crippen LogP contribution in [-0.4, -0.2) is 24.6 Å². The van der Waals surface area contributed by atoms with Crippen molar-refractivity contribution in [2.45, 2.75) is 12.7 Å². The first-order valence-electron chi connectivity index (χ1n) is 4.33. The minimum absolute atomic E-state index is 0.131. The topological polar surface area (TPSA) is 47.9 Å². The third-order valence-corrected chi connectivity index (χ3v) is 1.98. The molecule has 1 N–H and O–H groups in total. The SMILES string of the molecule is COc1ccc2c(c1)OC(C)(O)CO2. The van der Waals surface area contributed by atoms with E-state index in [4.69, 9.17) is 14.2 Å². The summed E-state index contributed by atoms with van der Waals surface area (Å²) in [5.74, 6) is 0.530. The summed E-state index contributed by atoms with van der Waals surface area (Å²) in [5, 5.41) is 9.60. The average Bonchev–Trinajstić information content (AvgIpc) is 2.15. The smallest absolute Gasteiger partial charge is 0.239 e. The number of aliphatic hydroxyl groups is 1. The molecule has 0 aliphatic carbocycles. The van der Waals surface area contributed by atoms with Crippen LogP contribution in [-0.2, 0) is 0 Å². The van der Waals surface area contributed by atoms with Gasteiger partial charge in [-0.15, -0.1) is 0 Å². The second-order valence-corrected chi connectivity index (χ2v) is 3.38. The van der Waals surface area contributed by atoms with Crippen LogP contribution in [0.1, 0.15) is 6.92 Å². The van der Waals surface area contributed by atoms with Crippen LogP contribution in [0.5, 0.6) is 17.2 Å². The van der Waals surface area contributed by atoms with E-state index < -0.39 is 5.79 Å². The number of benzene rings is 1. The van der Waals surface area contributed by atoms with Crippen molar-refractivity contribution in [3.63, 3.8) is 0 Å². The van der Waals surface area contributed by atoms with Gasteiger partial charge in [-0.25, -0.2) is 0 Å². The molecule has 0 saturated heterocycles. The summed E-state index contributed by atoms with van der Waals surface area (Å²) < 4.78 is 15.7. The summed E-state index contributed by atoms with van der Waals surface area (Å²) in [5.41, 5.74) is 0. The van der Waals surface area contributed by atoms with Gasteiger partial charge in [-0.05, 0) is 12.1 Å². The molecule has 4 nitrogen and oxygen atoms in total. The third kappa shape index (κ3) is 1.61. The molecule has 0 amide bonds. The Bertz CT molecular complexity index is 346. The van der Waals surface area contributed by atoms with Gasteiger partial charge in [-0.1, -0.05) is 0 Å². The van der Waals surface area contributed by atoms with Gasteiger partial charge in [0.05, 0.1) is 7.11 Å². The number of rotatable bonds is 1. The average molecular weight is 196 g/mol. The molecule has 0 saturated carbocycles. The first kappa shape index (κ1) is 9.15. The Morgan fingerprint density at radius 3 is 2.93 bits per heavy atom. The number of ether oxygens (including phenoxy) is 3. The second kappa shape index (κ2) is 3.06. The van der Waals surface area contributed by atoms with Gasteiger partial charge in [0.2, 0.25) is 5.79 Å². The van der Waals surface area contributed by atoms with E-state index in [-0.39, 0.29) is 6.61 Å². The van der Waals surface area contributed by atoms with Crippen molar-refractivity contribution in [3.8, 4) is 17.2 Å². The maximum Gasteiger partial charge on any atom is 0.239 e. The normalized spacial score (nSPS) is 24.5. The van der Waals surface area contributed by atoms with Gasteiger partial charge in [0.25, 0.3) is 0 Å². The van der Waals surface area contributed by atoms with E-state index in [1.807, 2.05) is 0 Å². The monoisotopic (exact) mass is 196 g/mol. The van der Waals surface area contributed by atoms with Crippen molar-refractivity contribution < 1.29 is 19.3 Å². The van der Waals surface area contributed by atoms with E-state index in [0.29, 0.717) is 17.2 Å². The quantitative estimate of drug-likeness (QED) is 0.732. The molecule has 0 spiro atoms. The highest BCUT2D eigenvalue weighted by atomic mass is 16.7. The van der Waals surface area contributed by atoms with Crippen molar-refractivity contribution in [1.29, 1.82) is 0 Å². The third-order valence-electron chi connectivity index (χ3n) is 1.98. The fraction of sp³-hybridized carbons (Fsp3) is 0.400. The Labute approximate surface area is 82.0 Å². The number of hydrogen-bond donors (Lipinski definition) is 1. The Balaban J connectivity index is 2.34. The van der Waals surface area contributed by atoms with Crippen molar-refractivity contribution in [1.82, 2.24) is 0 Å². The Morgan fingerprint density at radius 1 is 1.43 bits per heavy atom. The molecular formula is C10H12O4. The van der Waals surface area contributed by atoms with E-state index in [9.17, 15) is 5.11 Å². The van der Waals surface area contributed by atoms with E-state index in [2.05, 4.69) is 0 Å². The van der Waals surface area contributed by atoms with Gasteiger partial charge < -0.3 is 19.3 Å². The predicted octanol–water partition coefficient (Wildman–Crippen LogP) is 1.17. The molecule has 1 unspecified atom stereocenters. The van der Waals surface area contributed by atoms with Crippen molar-refractivity contribution in [3.05, 3.63) is 18.2 Å². The van der Waals surface area contributed by atoms with Gasteiger partial charge in [-0.2, -0.15) is 0 Å². The van der Waals surface area contributed by atoms with Gasteiger partial charge in [-0.3, -0.25) is 0 Å². The van der Waals surface area contributed by atoms with E-state index in [1.165, 1.54) is 0 Å². The molecule has 2 rings (SSSR count). The lowest BCUT2D eigenvalue weighted by molar-refractivity contribution is -0.159. The van der Waals surface area contributed by atoms with E-state index in [0.717, 1.165) is 0 Å². The molecule has 14 heavy (non-hydrogen) atoms. The first-order valence-corrected chi connectivity index (χ1v) is 4.33. The highest BCUT2D eigenvalue weighted by Crippen LogP contribution is 2.36. The zero-order chi connectivity index (χ0) is 10.2. The van der Waals surface area contributed by atoms with Crippen LogP contribution in [0.2, 0.25) is 0 Å². The molecule has 0 aromatic heterocycles. The summed E-state index contributed by atoms with van der Waals surface area (Å²) >= 11 is 0. The molecule has 0 bridgehead atoms. The van der Waals surface area contributed by atoms with Crippen molar-refractivity contribution in [2.75, 3.05) is 13.7 Å². The first-order chi connectivity index (χ1) is 6.61. The zero-order valence-electron chi connectivity index (χ0n) is 8.11. The molecule has 76 valence electrons. The molecule has 1 aliphatic heterocycles. The van der Waals surface area contributed by atoms with Crippen LogP contribution in [0.4, 0.5) is 0 Å². The molecule has 1 atom stereocenters. The standard InChI is InChI=1S/C10H12O4/c1-10(11)6-13-8-4-3-7(12-2)5-9(8)14-10/h3-5,11H,6H2,1-2H3. The lowest BCUT2D eigenvalue weighted by atomic mass is 10.2. The van der Waals surface area contributed by atoms with Crippen molar-refractivity contribution in [2.24, 2.45) is 0 Å². The lowest BCUT2D eigenvalue weighted by Crippen LogP contribution is -2.41. The molecule has 1 heterocycles. The number of fused-ring (bicyclic) bond motifs is 1. The van der Waals surface area contributed by atoms with Crippen LogP contribution in [0.15, 0.2) is 18.2 Å². The van der Waals surface area contributed by atoms with E-state index >= 15 is 0 Å². The molecule has 1 aliphatic rings. The van der Waals surface area contributed by atoms with Gasteiger partial charge >= 0.3 is 0 Å². The maximum atomic E-state index is 9.60. The summed E-state index contributed by atoms with van der Waals surface area (Å²) in [6.07, 6.45) is 0. The number of hydrogen-bond acceptors (Lipinski definition) is 4. The Hall–Kier alpha value is -1.42. The van der Waals surface area contributed by atoms with Crippen LogP contribution in [0.25, 0.3) is 0 Å². The highest BCUT2D eigenvalue weighted by Gasteiger charge is 2.30. The van der Waals surface area contributed by atoms with E-state index in [1.54, 1.807) is 32.2 Å². The minimum atomic E-state index is -1.26. The van der Waals surface area contributed by atoms with Gasteiger partial charge in [0.15, 0.2) is 18.1 Å². The van der Waals surface area contributed by atoms with Crippen LogP contribution in [0, 0.1) is 0 Å². The second-order valence-electron chi connectivity index (χ2n) is 3.38. The predicted molar refractivity (Wildman–Crippen MR) is 49.7 cm³/mol. The molecular weight excluding hydrogens is 184 g/mol. The summed E-state index contributed by atoms with van der Waals surface area (Å²) in [7, 11) is 1.57. The summed E-state index contributed by atoms with van der Waals surface area (Å²) in [4.78, 5) is 0. The van der Waals surface area contributed by atoms with Crippen molar-refractivity contribution >= 4 is 0 Å². The Morgan fingerprint density at radius 2 is 2.21 bits per heavy atom. The van der Waals surface area contributed by atoms with Crippen LogP contribution in [0.3, 0.4) is 0 Å². The molecule has 4 heteroatoms. The molecule has 1 aromatic rings. The highest BCUT2D eigenvalue weighted by molar-refractivity contribution is 5.46. The summed E-state index contributed by atoms with van der Waals surface area (Å²) in [6.45, 7) is 1.68. The fourth-order valence-corrected chi connectivity index (χ4v) is 1.29. The summed E-state index contributed by atoms with van der Waals surface area (Å²) in [6, 6.07) is 5.22. The van der Waals surface area contributed by atoms with Crippen LogP contribution < -0.4 is 14.2 Å².